The van der Waals surface area contributed by atoms with Crippen molar-refractivity contribution in [1.29, 1.82) is 0 Å². The first-order valence-electron chi connectivity index (χ1n) is 24.1. The van der Waals surface area contributed by atoms with Crippen molar-refractivity contribution in [3.8, 4) is 0 Å². The maximum absolute atomic E-state index is 12.9. The van der Waals surface area contributed by atoms with Crippen molar-refractivity contribution in [2.24, 2.45) is 0 Å². The molecule has 4 aromatic rings. The number of anilines is 2. The summed E-state index contributed by atoms with van der Waals surface area (Å²) in [6.07, 6.45) is 9.19. The maximum atomic E-state index is 12.9. The van der Waals surface area contributed by atoms with Gasteiger partial charge in [0.15, 0.2) is 5.78 Å². The van der Waals surface area contributed by atoms with Crippen LogP contribution in [0, 0.1) is 13.8 Å². The molecule has 4 aromatic carbocycles. The zero-order valence-corrected chi connectivity index (χ0v) is 48.4. The largest absolute Gasteiger partial charge is 1.00 e. The predicted octanol–water partition coefficient (Wildman–Crippen LogP) is 1.65. The van der Waals surface area contributed by atoms with E-state index in [0.717, 1.165) is 63.1 Å². The van der Waals surface area contributed by atoms with E-state index in [4.69, 9.17) is 14.2 Å². The summed E-state index contributed by atoms with van der Waals surface area (Å²) in [7, 11) is -11.0. The molecule has 0 radical (unpaired) electrons. The second kappa shape index (κ2) is 19.8. The van der Waals surface area contributed by atoms with Gasteiger partial charge in [0, 0.05) is 87.9 Å². The molecule has 1 N–H and O–H groups in total. The van der Waals surface area contributed by atoms with Crippen molar-refractivity contribution in [3.05, 3.63) is 174 Å². The number of hydrogen-bond acceptors (Lipinski definition) is 15. The second-order valence-corrected chi connectivity index (χ2v) is 22.8. The minimum Gasteiger partial charge on any atom is -0.744 e. The number of allylic oxidation sites excluding steroid dienone is 8. The zero-order chi connectivity index (χ0) is 52.6. The van der Waals surface area contributed by atoms with Crippen LogP contribution in [-0.2, 0) is 64.5 Å². The van der Waals surface area contributed by atoms with Crippen LogP contribution in [0.1, 0.15) is 68.7 Å². The van der Waals surface area contributed by atoms with Gasteiger partial charge in [0.05, 0.1) is 19.4 Å². The number of carboxylic acid groups (broad SMARTS) is 1. The fraction of sp³-hybridized carbons (Fsp3) is 0.286. The first-order valence-corrected chi connectivity index (χ1v) is 26.9. The number of ether oxygens (including phenoxy) is 3. The van der Waals surface area contributed by atoms with Crippen LogP contribution < -0.4 is 68.9 Å². The number of carbonyl (C=O) groups is 4. The first kappa shape index (κ1) is 55.4. The number of benzene rings is 4. The van der Waals surface area contributed by atoms with Crippen LogP contribution in [-0.4, -0.2) is 86.5 Å². The fourth-order valence-corrected chi connectivity index (χ4v) is 13.8. The Morgan fingerprint density at radius 2 is 1.24 bits per heavy atom. The van der Waals surface area contributed by atoms with E-state index in [1.54, 1.807) is 19.1 Å². The van der Waals surface area contributed by atoms with E-state index in [0.29, 0.717) is 36.3 Å². The number of carbonyl (C=O) groups excluding carboxylic acids is 3. The Morgan fingerprint density at radius 1 is 0.711 bits per heavy atom. The molecule has 20 heteroatoms. The number of hydrogen-bond donors (Lipinski definition) is 1. The van der Waals surface area contributed by atoms with E-state index >= 15 is 0 Å². The third kappa shape index (κ3) is 9.01. The smallest absolute Gasteiger partial charge is 0.744 e. The number of aliphatic carboxylic acids is 1. The molecular formula is C56H48N2Na2O14S2. The monoisotopic (exact) mass is 1080 g/mol. The number of Topliss-reactive ketones (excluding diaryl/α,β-unsaturated/α-hetero) is 1. The molecule has 0 aromatic heterocycles. The van der Waals surface area contributed by atoms with E-state index < -0.39 is 64.5 Å². The van der Waals surface area contributed by atoms with Gasteiger partial charge in [-0.1, -0.05) is 59.7 Å². The molecule has 76 heavy (non-hydrogen) atoms. The molecule has 8 aliphatic rings. The minimum absolute atomic E-state index is 0. The number of ketones is 2. The summed E-state index contributed by atoms with van der Waals surface area (Å²) in [5.41, 5.74) is 8.31. The van der Waals surface area contributed by atoms with Gasteiger partial charge in [-0.2, -0.15) is 0 Å². The van der Waals surface area contributed by atoms with Gasteiger partial charge in [0.25, 0.3) is 0 Å². The summed E-state index contributed by atoms with van der Waals surface area (Å²) < 4.78 is 89.2. The Hall–Kier alpha value is -5.38. The SMILES string of the molecule is CCOC(=O)CC1(C)C2=C3C=C4C=CC(=O)C=C4OC3CCN2c2ccc3cc(C)ccc3c21.Cc1ccc2c3c(ccc2c1)N1CCC2OC4=C(S(=O)(=O)[O-])C(=O)C(S(=O)(=O)[O-])=CC4=CC2=C1C3(C)CC(=O)O.[Na+].[Na+]. The second-order valence-electron chi connectivity index (χ2n) is 20.1. The number of esters is 1. The molecule has 6 aliphatic heterocycles. The van der Waals surface area contributed by atoms with Gasteiger partial charge < -0.3 is 38.2 Å². The van der Waals surface area contributed by atoms with Crippen molar-refractivity contribution >= 4 is 76.7 Å². The van der Waals surface area contributed by atoms with E-state index in [2.05, 4.69) is 55.2 Å². The normalized spacial score (nSPS) is 23.7. The first-order chi connectivity index (χ1) is 35.0. The van der Waals surface area contributed by atoms with Crippen molar-refractivity contribution < 1.29 is 124 Å². The molecule has 12 rings (SSSR count). The Labute approximate surface area is 483 Å². The van der Waals surface area contributed by atoms with Gasteiger partial charge in [0.2, 0.25) is 5.78 Å². The molecule has 6 heterocycles. The van der Waals surface area contributed by atoms with Crippen LogP contribution >= 0.6 is 0 Å². The molecule has 0 amide bonds. The van der Waals surface area contributed by atoms with E-state index in [-0.39, 0.29) is 102 Å². The van der Waals surface area contributed by atoms with Crippen LogP contribution in [0.4, 0.5) is 11.4 Å². The average Bonchev–Trinajstić information content (AvgIpc) is 3.89. The number of rotatable bonds is 7. The molecule has 4 unspecified atom stereocenters. The van der Waals surface area contributed by atoms with Gasteiger partial charge >= 0.3 is 71.1 Å². The van der Waals surface area contributed by atoms with Gasteiger partial charge in [-0.3, -0.25) is 19.2 Å². The molecule has 380 valence electrons. The molecule has 0 saturated carbocycles. The van der Waals surface area contributed by atoms with Gasteiger partial charge in [0.1, 0.15) is 53.8 Å². The molecule has 0 saturated heterocycles. The quantitative estimate of drug-likeness (QED) is 0.157. The van der Waals surface area contributed by atoms with Crippen LogP contribution in [0.15, 0.2) is 152 Å². The van der Waals surface area contributed by atoms with E-state index in [1.807, 2.05) is 55.2 Å². The number of aryl methyl sites for hydroxylation is 2. The van der Waals surface area contributed by atoms with E-state index in [1.165, 1.54) is 28.0 Å². The van der Waals surface area contributed by atoms with Crippen LogP contribution in [0.5, 0.6) is 0 Å². The fourth-order valence-electron chi connectivity index (χ4n) is 12.4. The summed E-state index contributed by atoms with van der Waals surface area (Å²) in [6.45, 7) is 11.3. The van der Waals surface area contributed by atoms with Gasteiger partial charge in [-0.05, 0) is 110 Å². The topological polar surface area (TPSA) is 237 Å². The summed E-state index contributed by atoms with van der Waals surface area (Å²) in [4.78, 5) is 51.2. The molecule has 16 nitrogen and oxygen atoms in total. The third-order valence-corrected chi connectivity index (χ3v) is 16.9. The number of fused-ring (bicyclic) bond motifs is 14. The summed E-state index contributed by atoms with van der Waals surface area (Å²) in [5.74, 6) is -3.04. The number of carboxylic acids is 1. The summed E-state index contributed by atoms with van der Waals surface area (Å²) in [6, 6.07) is 20.6. The van der Waals surface area contributed by atoms with Crippen LogP contribution in [0.3, 0.4) is 0 Å². The molecular weight excluding hydrogens is 1030 g/mol. The van der Waals surface area contributed by atoms with Crippen molar-refractivity contribution in [3.63, 3.8) is 0 Å². The Morgan fingerprint density at radius 3 is 1.75 bits per heavy atom. The predicted molar refractivity (Wildman–Crippen MR) is 271 cm³/mol. The van der Waals surface area contributed by atoms with Gasteiger partial charge in [-0.15, -0.1) is 0 Å². The van der Waals surface area contributed by atoms with Crippen LogP contribution in [0.25, 0.3) is 21.5 Å². The van der Waals surface area contributed by atoms with Crippen molar-refractivity contribution in [1.82, 2.24) is 0 Å². The Kier molecular flexibility index (Phi) is 14.4. The Balaban J connectivity index is 0.000000183. The van der Waals surface area contributed by atoms with Crippen LogP contribution in [0.2, 0.25) is 0 Å². The molecule has 0 bridgehead atoms. The van der Waals surface area contributed by atoms with Gasteiger partial charge in [-0.25, -0.2) is 16.8 Å². The summed E-state index contributed by atoms with van der Waals surface area (Å²) in [5, 5.41) is 14.1. The summed E-state index contributed by atoms with van der Waals surface area (Å²) >= 11 is 0. The molecule has 4 atom stereocenters. The molecule has 0 fully saturated rings. The molecule has 0 spiro atoms. The average molecular weight is 1080 g/mol. The number of nitrogens with zero attached hydrogens (tertiary/aromatic N) is 2. The minimum atomic E-state index is -5.54. The maximum Gasteiger partial charge on any atom is 1.00 e. The third-order valence-electron chi connectivity index (χ3n) is 15.2. The molecule has 2 aliphatic carbocycles. The van der Waals surface area contributed by atoms with Crippen molar-refractivity contribution in [2.75, 3.05) is 29.5 Å². The van der Waals surface area contributed by atoms with E-state index in [9.17, 15) is 50.2 Å². The van der Waals surface area contributed by atoms with Crippen molar-refractivity contribution in [2.45, 2.75) is 83.3 Å². The Bertz CT molecular complexity index is 3830. The zero-order valence-electron chi connectivity index (χ0n) is 42.8. The standard InChI is InChI=1S/C29H27NO4.C27H23NO10S2.2Na/c1-4-33-26(32)16-29(3)27-21-9-5-17(2)13-18(21)7-10-23(27)30-12-11-24-22(28(29)30)14-19-6-8-20(31)15-25(19)34-24;1-13-3-5-16-14(9-13)4-6-18-22(16)27(2,12-21(29)30)26-17-10-15-11-20(39(32,33)34)23(31)25(40(35,36)37)24(15)38-19(17)7-8-28(18)26;;/h5-10,13-15,24H,4,11-12,16H2,1-3H3;3-6,9-11,19H,7-8,12H2,1-2H3,(H,29,30)(H,32,33,34)(H,35,36,37);;/q;;2*+1/p-2.